The molecule has 1 heterocycles. The SMILES string of the molecule is CC(C)CCCNC(=O)C1CCCN1S(C)(=O)=O. The summed E-state index contributed by atoms with van der Waals surface area (Å²) in [6, 6.07) is -0.501. The second kappa shape index (κ2) is 6.52. The average molecular weight is 276 g/mol. The van der Waals surface area contributed by atoms with Gasteiger partial charge >= 0.3 is 0 Å². The molecule has 0 aromatic heterocycles. The number of carbonyl (C=O) groups is 1. The maximum atomic E-state index is 11.9. The molecule has 0 bridgehead atoms. The summed E-state index contributed by atoms with van der Waals surface area (Å²) in [6.07, 6.45) is 4.56. The molecule has 0 aromatic rings. The molecule has 1 atom stereocenters. The van der Waals surface area contributed by atoms with E-state index in [1.807, 2.05) is 0 Å². The number of rotatable bonds is 6. The van der Waals surface area contributed by atoms with Crippen molar-refractivity contribution in [2.45, 2.75) is 45.6 Å². The summed E-state index contributed by atoms with van der Waals surface area (Å²) >= 11 is 0. The summed E-state index contributed by atoms with van der Waals surface area (Å²) < 4.78 is 24.3. The highest BCUT2D eigenvalue weighted by Crippen LogP contribution is 2.20. The van der Waals surface area contributed by atoms with Gasteiger partial charge < -0.3 is 5.32 Å². The third kappa shape index (κ3) is 4.57. The molecule has 1 saturated heterocycles. The summed E-state index contributed by atoms with van der Waals surface area (Å²) in [5.41, 5.74) is 0. The van der Waals surface area contributed by atoms with Crippen LogP contribution in [0.5, 0.6) is 0 Å². The molecule has 1 unspecified atom stereocenters. The summed E-state index contributed by atoms with van der Waals surface area (Å²) in [5, 5.41) is 2.84. The van der Waals surface area contributed by atoms with Crippen LogP contribution in [-0.2, 0) is 14.8 Å². The average Bonchev–Trinajstić information content (AvgIpc) is 2.72. The number of hydrogen-bond acceptors (Lipinski definition) is 3. The van der Waals surface area contributed by atoms with Crippen LogP contribution in [0, 0.1) is 5.92 Å². The van der Waals surface area contributed by atoms with Crippen LogP contribution < -0.4 is 5.32 Å². The Kier molecular flexibility index (Phi) is 5.59. The van der Waals surface area contributed by atoms with Crippen molar-refractivity contribution in [3.8, 4) is 0 Å². The minimum atomic E-state index is -3.27. The predicted molar refractivity (Wildman–Crippen MR) is 71.7 cm³/mol. The van der Waals surface area contributed by atoms with Crippen molar-refractivity contribution in [1.82, 2.24) is 9.62 Å². The molecular weight excluding hydrogens is 252 g/mol. The van der Waals surface area contributed by atoms with Gasteiger partial charge in [0.25, 0.3) is 0 Å². The molecule has 1 aliphatic heterocycles. The van der Waals surface area contributed by atoms with Crippen molar-refractivity contribution in [2.24, 2.45) is 5.92 Å². The van der Waals surface area contributed by atoms with Gasteiger partial charge in [-0.3, -0.25) is 4.79 Å². The highest BCUT2D eigenvalue weighted by atomic mass is 32.2. The van der Waals surface area contributed by atoms with E-state index in [9.17, 15) is 13.2 Å². The molecule has 1 fully saturated rings. The Labute approximate surface area is 110 Å². The van der Waals surface area contributed by atoms with Crippen molar-refractivity contribution < 1.29 is 13.2 Å². The van der Waals surface area contributed by atoms with Crippen LogP contribution >= 0.6 is 0 Å². The van der Waals surface area contributed by atoms with Gasteiger partial charge in [-0.05, 0) is 31.6 Å². The Hall–Kier alpha value is -0.620. The lowest BCUT2D eigenvalue weighted by Crippen LogP contribution is -2.45. The fourth-order valence-corrected chi connectivity index (χ4v) is 3.36. The van der Waals surface area contributed by atoms with Crippen molar-refractivity contribution in [3.63, 3.8) is 0 Å². The maximum Gasteiger partial charge on any atom is 0.238 e. The van der Waals surface area contributed by atoms with Crippen molar-refractivity contribution >= 4 is 15.9 Å². The molecule has 0 aromatic carbocycles. The van der Waals surface area contributed by atoms with Gasteiger partial charge in [-0.2, -0.15) is 4.31 Å². The lowest BCUT2D eigenvalue weighted by Gasteiger charge is -2.21. The Bertz CT molecular complexity index is 379. The highest BCUT2D eigenvalue weighted by molar-refractivity contribution is 7.88. The van der Waals surface area contributed by atoms with Crippen LogP contribution in [-0.4, -0.2) is 44.0 Å². The van der Waals surface area contributed by atoms with Gasteiger partial charge in [-0.15, -0.1) is 0 Å². The molecule has 5 nitrogen and oxygen atoms in total. The predicted octanol–water partition coefficient (Wildman–Crippen LogP) is 0.963. The first kappa shape index (κ1) is 15.4. The molecule has 0 aliphatic carbocycles. The lowest BCUT2D eigenvalue weighted by atomic mass is 10.1. The molecule has 1 N–H and O–H groups in total. The molecule has 18 heavy (non-hydrogen) atoms. The Morgan fingerprint density at radius 3 is 2.67 bits per heavy atom. The third-order valence-corrected chi connectivity index (χ3v) is 4.48. The maximum absolute atomic E-state index is 11.9. The molecule has 6 heteroatoms. The van der Waals surface area contributed by atoms with Gasteiger partial charge in [-0.25, -0.2) is 8.42 Å². The number of sulfonamides is 1. The van der Waals surface area contributed by atoms with Gasteiger partial charge in [0.2, 0.25) is 15.9 Å². The van der Waals surface area contributed by atoms with Crippen molar-refractivity contribution in [1.29, 1.82) is 0 Å². The molecule has 0 saturated carbocycles. The Balaban J connectivity index is 2.41. The van der Waals surface area contributed by atoms with Gasteiger partial charge in [0, 0.05) is 13.1 Å². The van der Waals surface area contributed by atoms with Crippen LogP contribution in [0.4, 0.5) is 0 Å². The molecule has 1 aliphatic rings. The Morgan fingerprint density at radius 2 is 2.11 bits per heavy atom. The van der Waals surface area contributed by atoms with E-state index in [-0.39, 0.29) is 5.91 Å². The van der Waals surface area contributed by atoms with E-state index < -0.39 is 16.1 Å². The quantitative estimate of drug-likeness (QED) is 0.735. The molecular formula is C12H24N2O3S. The molecule has 106 valence electrons. The van der Waals surface area contributed by atoms with Crippen molar-refractivity contribution in [2.75, 3.05) is 19.3 Å². The van der Waals surface area contributed by atoms with Gasteiger partial charge in [-0.1, -0.05) is 13.8 Å². The van der Waals surface area contributed by atoms with E-state index in [0.717, 1.165) is 25.5 Å². The van der Waals surface area contributed by atoms with E-state index in [1.54, 1.807) is 0 Å². The second-order valence-corrected chi connectivity index (χ2v) is 7.29. The van der Waals surface area contributed by atoms with Crippen LogP contribution in [0.3, 0.4) is 0 Å². The van der Waals surface area contributed by atoms with Crippen molar-refractivity contribution in [3.05, 3.63) is 0 Å². The molecule has 0 spiro atoms. The van der Waals surface area contributed by atoms with Crippen LogP contribution in [0.15, 0.2) is 0 Å². The first-order chi connectivity index (χ1) is 8.32. The summed E-state index contributed by atoms with van der Waals surface area (Å²) in [5.74, 6) is 0.475. The first-order valence-electron chi connectivity index (χ1n) is 6.57. The number of amides is 1. The second-order valence-electron chi connectivity index (χ2n) is 5.36. The van der Waals surface area contributed by atoms with E-state index in [1.165, 1.54) is 4.31 Å². The highest BCUT2D eigenvalue weighted by Gasteiger charge is 2.36. The van der Waals surface area contributed by atoms with E-state index >= 15 is 0 Å². The standard InChI is InChI=1S/C12H24N2O3S/c1-10(2)6-4-8-13-12(15)11-7-5-9-14(11)18(3,16)17/h10-11H,4-9H2,1-3H3,(H,13,15). The Morgan fingerprint density at radius 1 is 1.44 bits per heavy atom. The van der Waals surface area contributed by atoms with Crippen LogP contribution in [0.2, 0.25) is 0 Å². The number of nitrogens with zero attached hydrogens (tertiary/aromatic N) is 1. The number of carbonyl (C=O) groups excluding carboxylic acids is 1. The third-order valence-electron chi connectivity index (χ3n) is 3.19. The zero-order valence-electron chi connectivity index (χ0n) is 11.5. The molecule has 0 radical (unpaired) electrons. The fraction of sp³-hybridized carbons (Fsp3) is 0.917. The van der Waals surface area contributed by atoms with Crippen LogP contribution in [0.1, 0.15) is 39.5 Å². The van der Waals surface area contributed by atoms with Gasteiger partial charge in [0.05, 0.1) is 6.26 Å². The van der Waals surface area contributed by atoms with Crippen LogP contribution in [0.25, 0.3) is 0 Å². The minimum Gasteiger partial charge on any atom is -0.355 e. The monoisotopic (exact) mass is 276 g/mol. The molecule has 1 amide bonds. The fourth-order valence-electron chi connectivity index (χ4n) is 2.24. The minimum absolute atomic E-state index is 0.151. The normalized spacial score (nSPS) is 21.4. The number of nitrogens with one attached hydrogen (secondary N) is 1. The van der Waals surface area contributed by atoms with Gasteiger partial charge in [0.15, 0.2) is 0 Å². The zero-order chi connectivity index (χ0) is 13.8. The lowest BCUT2D eigenvalue weighted by molar-refractivity contribution is -0.124. The smallest absolute Gasteiger partial charge is 0.238 e. The van der Waals surface area contributed by atoms with E-state index in [2.05, 4.69) is 19.2 Å². The first-order valence-corrected chi connectivity index (χ1v) is 8.41. The zero-order valence-corrected chi connectivity index (χ0v) is 12.3. The number of hydrogen-bond donors (Lipinski definition) is 1. The summed E-state index contributed by atoms with van der Waals surface area (Å²) in [7, 11) is -3.27. The largest absolute Gasteiger partial charge is 0.355 e. The summed E-state index contributed by atoms with van der Waals surface area (Å²) in [6.45, 7) is 5.38. The van der Waals surface area contributed by atoms with E-state index in [0.29, 0.717) is 25.4 Å². The molecule has 1 rings (SSSR count). The van der Waals surface area contributed by atoms with E-state index in [4.69, 9.17) is 0 Å². The topological polar surface area (TPSA) is 66.5 Å². The van der Waals surface area contributed by atoms with Gasteiger partial charge in [0.1, 0.15) is 6.04 Å². The summed E-state index contributed by atoms with van der Waals surface area (Å²) in [4.78, 5) is 11.9.